The van der Waals surface area contributed by atoms with Gasteiger partial charge in [0.1, 0.15) is 24.5 Å². The van der Waals surface area contributed by atoms with E-state index in [2.05, 4.69) is 21.5 Å². The Kier molecular flexibility index (Phi) is 2.50. The second-order valence-corrected chi connectivity index (χ2v) is 3.99. The lowest BCUT2D eigenvalue weighted by atomic mass is 10.2. The van der Waals surface area contributed by atoms with Crippen LogP contribution in [0.1, 0.15) is 0 Å². The van der Waals surface area contributed by atoms with Crippen molar-refractivity contribution in [2.75, 3.05) is 5.73 Å². The molecule has 0 saturated carbocycles. The third-order valence-electron chi connectivity index (χ3n) is 2.75. The Morgan fingerprint density at radius 2 is 2.16 bits per heavy atom. The van der Waals surface area contributed by atoms with E-state index in [1.807, 2.05) is 0 Å². The van der Waals surface area contributed by atoms with Crippen LogP contribution in [0.3, 0.4) is 0 Å². The van der Waals surface area contributed by atoms with E-state index in [0.717, 1.165) is 0 Å². The van der Waals surface area contributed by atoms with E-state index < -0.39 is 18.5 Å². The van der Waals surface area contributed by atoms with Crippen molar-refractivity contribution in [1.82, 2.24) is 19.7 Å². The lowest BCUT2D eigenvalue weighted by molar-refractivity contribution is -0.145. The molecular formula is C10H11N5O4. The van der Waals surface area contributed by atoms with Crippen LogP contribution in [0.2, 0.25) is 0 Å². The van der Waals surface area contributed by atoms with Crippen LogP contribution in [0.5, 0.6) is 0 Å². The summed E-state index contributed by atoms with van der Waals surface area (Å²) in [5.74, 6) is 0.251. The molecule has 2 aromatic rings. The Labute approximate surface area is 106 Å². The Balaban J connectivity index is 1.90. The number of nitrogen functional groups attached to an aromatic ring is 1. The van der Waals surface area contributed by atoms with Crippen LogP contribution in [0, 0.1) is 0 Å². The number of nitrogens with zero attached hydrogens (tertiary/aromatic N) is 4. The minimum atomic E-state index is -1.25. The first-order valence-electron chi connectivity index (χ1n) is 5.40. The van der Waals surface area contributed by atoms with Gasteiger partial charge in [-0.3, -0.25) is 0 Å². The number of hydrogen-bond donors (Lipinski definition) is 3. The van der Waals surface area contributed by atoms with Gasteiger partial charge in [-0.1, -0.05) is 6.58 Å². The van der Waals surface area contributed by atoms with Gasteiger partial charge in [-0.15, -0.1) is 4.73 Å². The van der Waals surface area contributed by atoms with Crippen LogP contribution >= 0.6 is 0 Å². The Morgan fingerprint density at radius 1 is 1.37 bits per heavy atom. The zero-order chi connectivity index (χ0) is 13.6. The van der Waals surface area contributed by atoms with Gasteiger partial charge in [0.25, 0.3) is 6.29 Å². The fraction of sp³-hybridized carbons (Fsp3) is 0.300. The third-order valence-corrected chi connectivity index (χ3v) is 2.75. The van der Waals surface area contributed by atoms with Crippen molar-refractivity contribution in [2.45, 2.75) is 18.5 Å². The predicted molar refractivity (Wildman–Crippen MR) is 62.3 cm³/mol. The van der Waals surface area contributed by atoms with E-state index in [1.54, 1.807) is 0 Å². The summed E-state index contributed by atoms with van der Waals surface area (Å²) in [6, 6.07) is 0. The highest BCUT2D eigenvalue weighted by molar-refractivity contribution is 5.80. The highest BCUT2D eigenvalue weighted by atomic mass is 16.8. The molecule has 100 valence electrons. The summed E-state index contributed by atoms with van der Waals surface area (Å²) in [6.45, 7) is 3.46. The van der Waals surface area contributed by atoms with E-state index in [4.69, 9.17) is 15.3 Å². The van der Waals surface area contributed by atoms with Crippen LogP contribution in [-0.4, -0.2) is 48.4 Å². The normalized spacial score (nSPS) is 26.6. The van der Waals surface area contributed by atoms with Gasteiger partial charge in [-0.05, 0) is 0 Å². The molecule has 9 nitrogen and oxygen atoms in total. The SMILES string of the molecule is C=C1OC(On2cnc3c(N)ncnc32)C(O)C1O. The Morgan fingerprint density at radius 3 is 2.84 bits per heavy atom. The number of anilines is 1. The molecule has 3 heterocycles. The molecule has 2 aromatic heterocycles. The second kappa shape index (κ2) is 4.07. The third kappa shape index (κ3) is 1.75. The summed E-state index contributed by atoms with van der Waals surface area (Å²) >= 11 is 0. The van der Waals surface area contributed by atoms with Crippen LogP contribution in [0.15, 0.2) is 25.0 Å². The number of nitrogens with two attached hydrogens (primary N) is 1. The minimum Gasteiger partial charge on any atom is -0.452 e. The van der Waals surface area contributed by atoms with E-state index in [9.17, 15) is 10.2 Å². The van der Waals surface area contributed by atoms with Gasteiger partial charge < -0.3 is 25.5 Å². The first-order chi connectivity index (χ1) is 9.08. The average Bonchev–Trinajstić information content (AvgIpc) is 2.90. The molecule has 0 aromatic carbocycles. The van der Waals surface area contributed by atoms with Gasteiger partial charge in [-0.25, -0.2) is 15.0 Å². The maximum atomic E-state index is 9.70. The molecule has 9 heteroatoms. The van der Waals surface area contributed by atoms with Gasteiger partial charge in [0.2, 0.25) is 5.65 Å². The van der Waals surface area contributed by atoms with E-state index in [1.165, 1.54) is 17.4 Å². The van der Waals surface area contributed by atoms with Gasteiger partial charge in [0, 0.05) is 0 Å². The van der Waals surface area contributed by atoms with Crippen LogP contribution < -0.4 is 10.6 Å². The van der Waals surface area contributed by atoms with Crippen LogP contribution in [0.4, 0.5) is 5.82 Å². The number of aliphatic hydroxyl groups is 2. The number of ether oxygens (including phenoxy) is 1. The molecule has 1 aliphatic rings. The fourth-order valence-electron chi connectivity index (χ4n) is 1.73. The van der Waals surface area contributed by atoms with Crippen LogP contribution in [0.25, 0.3) is 11.2 Å². The Hall–Kier alpha value is -2.39. The second-order valence-electron chi connectivity index (χ2n) is 3.99. The number of aromatic nitrogens is 4. The molecule has 0 spiro atoms. The highest BCUT2D eigenvalue weighted by Gasteiger charge is 2.41. The van der Waals surface area contributed by atoms with E-state index >= 15 is 0 Å². The summed E-state index contributed by atoms with van der Waals surface area (Å²) in [5, 5.41) is 19.2. The first-order valence-corrected chi connectivity index (χ1v) is 5.40. The molecule has 3 unspecified atom stereocenters. The highest BCUT2D eigenvalue weighted by Crippen LogP contribution is 2.23. The van der Waals surface area contributed by atoms with Gasteiger partial charge in [-0.2, -0.15) is 0 Å². The molecule has 0 aliphatic carbocycles. The summed E-state index contributed by atoms with van der Waals surface area (Å²) in [6.07, 6.45) is -0.960. The summed E-state index contributed by atoms with van der Waals surface area (Å²) in [4.78, 5) is 17.1. The van der Waals surface area contributed by atoms with Crippen molar-refractivity contribution in [3.05, 3.63) is 25.0 Å². The smallest absolute Gasteiger partial charge is 0.291 e. The molecular weight excluding hydrogens is 254 g/mol. The first kappa shape index (κ1) is 11.7. The van der Waals surface area contributed by atoms with Crippen molar-refractivity contribution in [2.24, 2.45) is 0 Å². The standard InChI is InChI=1S/C10H11N5O4/c1-4-6(16)7(17)10(18-4)19-15-3-14-5-8(11)12-2-13-9(5)15/h2-3,6-7,10,16-17H,1H2,(H2,11,12,13). The van der Waals surface area contributed by atoms with Crippen molar-refractivity contribution in [3.63, 3.8) is 0 Å². The monoisotopic (exact) mass is 265 g/mol. The predicted octanol–water partition coefficient (Wildman–Crippen LogP) is -1.57. The zero-order valence-electron chi connectivity index (χ0n) is 9.67. The minimum absolute atomic E-state index is 0.0380. The van der Waals surface area contributed by atoms with Crippen molar-refractivity contribution < 1.29 is 19.8 Å². The van der Waals surface area contributed by atoms with E-state index in [-0.39, 0.29) is 11.6 Å². The molecule has 1 saturated heterocycles. The lowest BCUT2D eigenvalue weighted by Crippen LogP contribution is -2.37. The molecule has 0 radical (unpaired) electrons. The number of fused-ring (bicyclic) bond motifs is 1. The van der Waals surface area contributed by atoms with Crippen molar-refractivity contribution in [3.8, 4) is 0 Å². The largest absolute Gasteiger partial charge is 0.452 e. The van der Waals surface area contributed by atoms with Gasteiger partial charge >= 0.3 is 0 Å². The molecule has 3 atom stereocenters. The van der Waals surface area contributed by atoms with Crippen LogP contribution in [-0.2, 0) is 4.74 Å². The summed E-state index contributed by atoms with van der Waals surface area (Å²) in [7, 11) is 0. The zero-order valence-corrected chi connectivity index (χ0v) is 9.67. The number of imidazole rings is 1. The lowest BCUT2D eigenvalue weighted by Gasteiger charge is -2.15. The fourth-order valence-corrected chi connectivity index (χ4v) is 1.73. The quantitative estimate of drug-likeness (QED) is 0.594. The number of aliphatic hydroxyl groups excluding tert-OH is 2. The summed E-state index contributed by atoms with van der Waals surface area (Å²) < 4.78 is 6.29. The van der Waals surface area contributed by atoms with Crippen molar-refractivity contribution >= 4 is 17.0 Å². The molecule has 1 aliphatic heterocycles. The molecule has 0 amide bonds. The van der Waals surface area contributed by atoms with Crippen molar-refractivity contribution in [1.29, 1.82) is 0 Å². The molecule has 19 heavy (non-hydrogen) atoms. The molecule has 4 N–H and O–H groups in total. The number of hydrogen-bond acceptors (Lipinski definition) is 8. The topological polar surface area (TPSA) is 129 Å². The summed E-state index contributed by atoms with van der Waals surface area (Å²) in [5.41, 5.74) is 6.33. The maximum absolute atomic E-state index is 9.70. The molecule has 1 fully saturated rings. The maximum Gasteiger partial charge on any atom is 0.291 e. The molecule has 3 rings (SSSR count). The number of rotatable bonds is 2. The average molecular weight is 265 g/mol. The Bertz CT molecular complexity index is 642. The van der Waals surface area contributed by atoms with Gasteiger partial charge in [0.15, 0.2) is 17.4 Å². The van der Waals surface area contributed by atoms with Gasteiger partial charge in [0.05, 0.1) is 0 Å². The molecule has 0 bridgehead atoms. The van der Waals surface area contributed by atoms with E-state index in [0.29, 0.717) is 11.2 Å².